The van der Waals surface area contributed by atoms with Crippen LogP contribution in [0.25, 0.3) is 0 Å². The predicted octanol–water partition coefficient (Wildman–Crippen LogP) is 3.53. The molecule has 1 aromatic carbocycles. The third-order valence-electron chi connectivity index (χ3n) is 6.97. The lowest BCUT2D eigenvalue weighted by atomic mass is 9.77. The average molecular weight is 476 g/mol. The lowest BCUT2D eigenvalue weighted by Gasteiger charge is -2.37. The molecule has 2 fully saturated rings. The van der Waals surface area contributed by atoms with Gasteiger partial charge < -0.3 is 23.8 Å². The molecule has 0 aliphatic carbocycles. The largest absolute Gasteiger partial charge is 0.497 e. The minimum absolute atomic E-state index is 0.0233. The molecule has 2 saturated heterocycles. The van der Waals surface area contributed by atoms with Gasteiger partial charge in [-0.05, 0) is 72.9 Å². The van der Waals surface area contributed by atoms with E-state index in [0.717, 1.165) is 0 Å². The zero-order chi connectivity index (χ0) is 25.5. The number of ether oxygens (including phenoxy) is 1. The number of carbonyl (C=O) groups excluding carboxylic acids is 2. The molecule has 34 heavy (non-hydrogen) atoms. The number of benzene rings is 1. The molecule has 9 heteroatoms. The van der Waals surface area contributed by atoms with Crippen molar-refractivity contribution in [1.82, 2.24) is 9.80 Å². The summed E-state index contributed by atoms with van der Waals surface area (Å²) >= 11 is 0. The number of hydrogen-bond donors (Lipinski definition) is 0. The zero-order valence-corrected chi connectivity index (χ0v) is 21.7. The highest BCUT2D eigenvalue weighted by molar-refractivity contribution is 6.62. The van der Waals surface area contributed by atoms with Crippen LogP contribution in [0.1, 0.15) is 66.9 Å². The van der Waals surface area contributed by atoms with Crippen LogP contribution in [-0.2, 0) is 25.3 Å². The van der Waals surface area contributed by atoms with Crippen molar-refractivity contribution < 1.29 is 28.0 Å². The summed E-state index contributed by atoms with van der Waals surface area (Å²) in [5, 5.41) is 0. The maximum atomic E-state index is 14.6. The van der Waals surface area contributed by atoms with E-state index >= 15 is 0 Å². The second kappa shape index (κ2) is 9.49. The molecule has 188 valence electrons. The Bertz CT molecular complexity index is 906. The van der Waals surface area contributed by atoms with Gasteiger partial charge in [0, 0.05) is 31.6 Å². The highest BCUT2D eigenvalue weighted by Gasteiger charge is 2.52. The SMILES string of the molecule is CN(C(=O)OC(C)(C)C)C1CCN(C(=O)Cc2ccc(F)c(B3OC(C)(C)C(C)(C)O3)c2)CC1. The van der Waals surface area contributed by atoms with E-state index < -0.39 is 29.7 Å². The molecule has 7 nitrogen and oxygen atoms in total. The third-order valence-corrected chi connectivity index (χ3v) is 6.97. The van der Waals surface area contributed by atoms with Gasteiger partial charge in [-0.2, -0.15) is 0 Å². The third kappa shape index (κ3) is 5.92. The van der Waals surface area contributed by atoms with Crippen LogP contribution in [0.2, 0.25) is 0 Å². The van der Waals surface area contributed by atoms with Crippen molar-refractivity contribution in [2.24, 2.45) is 0 Å². The molecule has 0 radical (unpaired) electrons. The lowest BCUT2D eigenvalue weighted by molar-refractivity contribution is -0.131. The summed E-state index contributed by atoms with van der Waals surface area (Å²) in [5.74, 6) is -0.439. The van der Waals surface area contributed by atoms with Crippen LogP contribution in [0.5, 0.6) is 0 Å². The van der Waals surface area contributed by atoms with Crippen LogP contribution in [0.4, 0.5) is 9.18 Å². The summed E-state index contributed by atoms with van der Waals surface area (Å²) in [6, 6.07) is 4.69. The zero-order valence-electron chi connectivity index (χ0n) is 21.7. The molecule has 2 aliphatic rings. The van der Waals surface area contributed by atoms with Crippen molar-refractivity contribution >= 4 is 24.6 Å². The van der Waals surface area contributed by atoms with Crippen molar-refractivity contribution in [2.75, 3.05) is 20.1 Å². The normalized spacial score (nSPS) is 20.4. The number of carbonyl (C=O) groups is 2. The Morgan fingerprint density at radius 2 is 1.71 bits per heavy atom. The van der Waals surface area contributed by atoms with E-state index in [0.29, 0.717) is 37.0 Å². The molecule has 2 aliphatic heterocycles. The highest BCUT2D eigenvalue weighted by atomic mass is 19.1. The molecule has 0 saturated carbocycles. The van der Waals surface area contributed by atoms with E-state index in [2.05, 4.69) is 0 Å². The number of piperidine rings is 1. The van der Waals surface area contributed by atoms with E-state index in [1.165, 1.54) is 6.07 Å². The highest BCUT2D eigenvalue weighted by Crippen LogP contribution is 2.36. The number of likely N-dealkylation sites (tertiary alicyclic amines) is 1. The van der Waals surface area contributed by atoms with Crippen LogP contribution in [-0.4, -0.2) is 71.9 Å². The Morgan fingerprint density at radius 1 is 1.15 bits per heavy atom. The topological polar surface area (TPSA) is 68.3 Å². The summed E-state index contributed by atoms with van der Waals surface area (Å²) in [6.07, 6.45) is 1.19. The molecule has 0 N–H and O–H groups in total. The molecule has 0 bridgehead atoms. The van der Waals surface area contributed by atoms with Gasteiger partial charge in [0.15, 0.2) is 0 Å². The van der Waals surface area contributed by atoms with E-state index in [1.807, 2.05) is 48.5 Å². The smallest absolute Gasteiger partial charge is 0.444 e. The Kier molecular flexibility index (Phi) is 7.39. The van der Waals surface area contributed by atoms with Crippen LogP contribution in [0, 0.1) is 5.82 Å². The van der Waals surface area contributed by atoms with Gasteiger partial charge in [-0.3, -0.25) is 4.79 Å². The van der Waals surface area contributed by atoms with E-state index in [9.17, 15) is 14.0 Å². The van der Waals surface area contributed by atoms with Gasteiger partial charge in [0.05, 0.1) is 17.6 Å². The summed E-state index contributed by atoms with van der Waals surface area (Å²) < 4.78 is 32.0. The summed E-state index contributed by atoms with van der Waals surface area (Å²) in [4.78, 5) is 28.7. The summed E-state index contributed by atoms with van der Waals surface area (Å²) in [6.45, 7) is 14.3. The predicted molar refractivity (Wildman–Crippen MR) is 129 cm³/mol. The first-order chi connectivity index (χ1) is 15.6. The van der Waals surface area contributed by atoms with E-state index in [1.54, 1.807) is 29.0 Å². The van der Waals surface area contributed by atoms with Crippen molar-refractivity contribution in [2.45, 2.75) is 90.6 Å². The first kappa shape index (κ1) is 26.5. The van der Waals surface area contributed by atoms with Gasteiger partial charge >= 0.3 is 13.2 Å². The van der Waals surface area contributed by atoms with Crippen molar-refractivity contribution in [3.8, 4) is 0 Å². The summed E-state index contributed by atoms with van der Waals surface area (Å²) in [5.41, 5.74) is -0.680. The fourth-order valence-electron chi connectivity index (χ4n) is 4.13. The van der Waals surface area contributed by atoms with Gasteiger partial charge in [-0.1, -0.05) is 12.1 Å². The molecule has 1 aromatic rings. The molecule has 0 spiro atoms. The number of halogens is 1. The molecule has 0 aromatic heterocycles. The molecule has 2 heterocycles. The second-order valence-corrected chi connectivity index (χ2v) is 11.3. The Labute approximate surface area is 203 Å². The van der Waals surface area contributed by atoms with Gasteiger partial charge in [0.1, 0.15) is 11.4 Å². The lowest BCUT2D eigenvalue weighted by Crippen LogP contribution is -2.48. The number of hydrogen-bond acceptors (Lipinski definition) is 5. The van der Waals surface area contributed by atoms with Crippen molar-refractivity contribution in [3.05, 3.63) is 29.6 Å². The Hall–Kier alpha value is -2.13. The van der Waals surface area contributed by atoms with Crippen LogP contribution >= 0.6 is 0 Å². The first-order valence-electron chi connectivity index (χ1n) is 12.0. The molecular weight excluding hydrogens is 438 g/mol. The molecular formula is C25H38BFN2O5. The second-order valence-electron chi connectivity index (χ2n) is 11.3. The van der Waals surface area contributed by atoms with E-state index in [4.69, 9.17) is 14.0 Å². The monoisotopic (exact) mass is 476 g/mol. The maximum absolute atomic E-state index is 14.6. The average Bonchev–Trinajstić information content (AvgIpc) is 2.94. The Balaban J connectivity index is 1.59. The number of rotatable bonds is 4. The standard InChI is InChI=1S/C25H38BFN2O5/c1-23(2,3)32-22(31)28(8)18-11-13-29(14-12-18)21(30)16-17-9-10-20(27)19(15-17)26-33-24(4,5)25(6,7)34-26/h9-10,15,18H,11-14,16H2,1-8H3. The maximum Gasteiger partial charge on any atom is 0.497 e. The van der Waals surface area contributed by atoms with Crippen LogP contribution < -0.4 is 5.46 Å². The summed E-state index contributed by atoms with van der Waals surface area (Å²) in [7, 11) is 0.922. The van der Waals surface area contributed by atoms with Gasteiger partial charge in [0.25, 0.3) is 0 Å². The van der Waals surface area contributed by atoms with E-state index in [-0.39, 0.29) is 24.5 Å². The minimum Gasteiger partial charge on any atom is -0.444 e. The molecule has 2 amide bonds. The van der Waals surface area contributed by atoms with Crippen LogP contribution in [0.3, 0.4) is 0 Å². The van der Waals surface area contributed by atoms with Gasteiger partial charge in [-0.25, -0.2) is 9.18 Å². The fourth-order valence-corrected chi connectivity index (χ4v) is 4.13. The molecule has 0 unspecified atom stereocenters. The first-order valence-corrected chi connectivity index (χ1v) is 12.0. The molecule has 3 rings (SSSR count). The van der Waals surface area contributed by atoms with Crippen molar-refractivity contribution in [3.63, 3.8) is 0 Å². The van der Waals surface area contributed by atoms with Crippen molar-refractivity contribution in [1.29, 1.82) is 0 Å². The van der Waals surface area contributed by atoms with Gasteiger partial charge in [-0.15, -0.1) is 0 Å². The number of nitrogens with zero attached hydrogens (tertiary/aromatic N) is 2. The number of amides is 2. The fraction of sp³-hybridized carbons (Fsp3) is 0.680. The Morgan fingerprint density at radius 3 is 2.24 bits per heavy atom. The van der Waals surface area contributed by atoms with Gasteiger partial charge in [0.2, 0.25) is 5.91 Å². The quantitative estimate of drug-likeness (QED) is 0.623. The molecule has 0 atom stereocenters. The minimum atomic E-state index is -0.820. The van der Waals surface area contributed by atoms with Crippen LogP contribution in [0.15, 0.2) is 18.2 Å².